The highest BCUT2D eigenvalue weighted by atomic mass is 32.2. The first kappa shape index (κ1) is 20.1. The van der Waals surface area contributed by atoms with E-state index in [0.29, 0.717) is 5.56 Å². The molecule has 26 heavy (non-hydrogen) atoms. The normalized spacial score (nSPS) is 22.7. The molecule has 2 atom stereocenters. The van der Waals surface area contributed by atoms with Crippen LogP contribution in [-0.4, -0.2) is 56.5 Å². The van der Waals surface area contributed by atoms with E-state index in [1.165, 1.54) is 18.0 Å². The first-order chi connectivity index (χ1) is 12.3. The van der Waals surface area contributed by atoms with Gasteiger partial charge in [-0.05, 0) is 24.8 Å². The molecule has 0 aliphatic carbocycles. The lowest BCUT2D eigenvalue weighted by Gasteiger charge is -2.35. The van der Waals surface area contributed by atoms with Gasteiger partial charge in [-0.1, -0.05) is 43.0 Å². The Balaban J connectivity index is 2.54. The zero-order chi connectivity index (χ0) is 19.4. The van der Waals surface area contributed by atoms with E-state index in [4.69, 9.17) is 22.7 Å². The highest BCUT2D eigenvalue weighted by molar-refractivity contribution is 7.90. The van der Waals surface area contributed by atoms with Crippen molar-refractivity contribution in [2.45, 2.75) is 10.8 Å². The molecule has 0 spiro atoms. The molecule has 2 unspecified atom stereocenters. The largest absolute Gasteiger partial charge is 0.445 e. The van der Waals surface area contributed by atoms with Crippen molar-refractivity contribution in [2.24, 2.45) is 5.73 Å². The Morgan fingerprint density at radius 3 is 2.69 bits per heavy atom. The Labute approximate surface area is 158 Å². The molecule has 1 saturated heterocycles. The molecule has 0 saturated carbocycles. The maximum Gasteiger partial charge on any atom is 0.410 e. The number of likely N-dealkylation sites (tertiary alicyclic amines) is 1. The lowest BCUT2D eigenvalue weighted by atomic mass is 9.88. The Kier molecular flexibility index (Phi) is 6.21. The fraction of sp³-hybridized carbons (Fsp3) is 0.375. The average molecular weight is 399 g/mol. The molecule has 1 aliphatic rings. The van der Waals surface area contributed by atoms with Crippen LogP contribution in [-0.2, 0) is 20.3 Å². The van der Waals surface area contributed by atoms with Gasteiger partial charge in [-0.15, -0.1) is 0 Å². The second-order valence-corrected chi connectivity index (χ2v) is 8.32. The van der Waals surface area contributed by atoms with E-state index >= 15 is 0 Å². The van der Waals surface area contributed by atoms with Gasteiger partial charge in [0, 0.05) is 6.54 Å². The molecule has 8 nitrogen and oxygen atoms in total. The van der Waals surface area contributed by atoms with Gasteiger partial charge in [-0.2, -0.15) is 0 Å². The van der Waals surface area contributed by atoms with Crippen molar-refractivity contribution >= 4 is 33.4 Å². The van der Waals surface area contributed by atoms with E-state index in [9.17, 15) is 13.2 Å². The maximum atomic E-state index is 12.7. The molecule has 0 bridgehead atoms. The number of hydrogen-bond acceptors (Lipinski definition) is 5. The summed E-state index contributed by atoms with van der Waals surface area (Å²) in [6.45, 7) is 3.47. The van der Waals surface area contributed by atoms with Gasteiger partial charge in [0.2, 0.25) is 10.0 Å². The van der Waals surface area contributed by atoms with Crippen LogP contribution in [0.4, 0.5) is 4.79 Å². The first-order valence-corrected chi connectivity index (χ1v) is 9.80. The van der Waals surface area contributed by atoms with Crippen LogP contribution >= 0.6 is 12.2 Å². The van der Waals surface area contributed by atoms with Crippen LogP contribution in [0.15, 0.2) is 43.0 Å². The van der Waals surface area contributed by atoms with Gasteiger partial charge >= 0.3 is 6.09 Å². The number of hydrogen-bond donors (Lipinski definition) is 3. The molecular weight excluding hydrogens is 376 g/mol. The highest BCUT2D eigenvalue weighted by Gasteiger charge is 2.55. The van der Waals surface area contributed by atoms with Crippen LogP contribution in [0.3, 0.4) is 0 Å². The van der Waals surface area contributed by atoms with E-state index in [-0.39, 0.29) is 24.8 Å². The summed E-state index contributed by atoms with van der Waals surface area (Å²) in [5.74, 6) is 0. The summed E-state index contributed by atoms with van der Waals surface area (Å²) in [4.78, 5) is 13.6. The van der Waals surface area contributed by atoms with Crippen molar-refractivity contribution in [3.05, 3.63) is 48.6 Å². The zero-order valence-electron chi connectivity index (χ0n) is 14.3. The Hall–Kier alpha value is -2.17. The molecule has 1 fully saturated rings. The maximum absolute atomic E-state index is 12.7. The predicted molar refractivity (Wildman–Crippen MR) is 103 cm³/mol. The van der Waals surface area contributed by atoms with Gasteiger partial charge in [-0.25, -0.2) is 17.9 Å². The number of carbonyl (C=O) groups excluding carboxylic acids is 1. The molecule has 0 radical (unpaired) electrons. The third kappa shape index (κ3) is 3.97. The van der Waals surface area contributed by atoms with Gasteiger partial charge in [-0.3, -0.25) is 0 Å². The number of rotatable bonds is 6. The second kappa shape index (κ2) is 8.02. The Bertz CT molecular complexity index is 785. The van der Waals surface area contributed by atoms with Crippen LogP contribution in [0, 0.1) is 0 Å². The molecular formula is C16H22N4O4S2. The summed E-state index contributed by atoms with van der Waals surface area (Å²) in [5, 5.41) is 1.83. The number of thiocarbonyl (C=S) groups is 1. The lowest BCUT2D eigenvalue weighted by molar-refractivity contribution is 0.118. The Morgan fingerprint density at radius 1 is 1.50 bits per heavy atom. The number of sulfonamides is 1. The monoisotopic (exact) mass is 398 g/mol. The number of nitrogens with two attached hydrogens (primary N) is 1. The fourth-order valence-corrected chi connectivity index (χ4v) is 4.76. The molecule has 1 amide bonds. The molecule has 142 valence electrons. The summed E-state index contributed by atoms with van der Waals surface area (Å²) in [5.41, 5.74) is 5.14. The van der Waals surface area contributed by atoms with Gasteiger partial charge in [0.1, 0.15) is 17.4 Å². The van der Waals surface area contributed by atoms with Crippen molar-refractivity contribution < 1.29 is 17.9 Å². The van der Waals surface area contributed by atoms with Crippen molar-refractivity contribution in [3.63, 3.8) is 0 Å². The number of nitrogens with one attached hydrogen (secondary N) is 2. The Morgan fingerprint density at radius 2 is 2.15 bits per heavy atom. The van der Waals surface area contributed by atoms with Crippen molar-refractivity contribution in [2.75, 3.05) is 26.7 Å². The molecule has 1 aliphatic heterocycles. The SMILES string of the molecule is C=CCOC(=O)N1CC(S(=O)(=O)NC)C(NC(N)=S)(c2ccccc2)C1. The van der Waals surface area contributed by atoms with E-state index in [1.807, 2.05) is 6.07 Å². The van der Waals surface area contributed by atoms with Crippen LogP contribution in [0.5, 0.6) is 0 Å². The molecule has 2 rings (SSSR count). The fourth-order valence-electron chi connectivity index (χ4n) is 3.11. The lowest BCUT2D eigenvalue weighted by Crippen LogP contribution is -2.59. The van der Waals surface area contributed by atoms with Crippen molar-refractivity contribution in [1.29, 1.82) is 0 Å². The van der Waals surface area contributed by atoms with Crippen LogP contribution in [0.1, 0.15) is 5.56 Å². The number of ether oxygens (including phenoxy) is 1. The standard InChI is InChI=1S/C16H22N4O4S2/c1-3-9-24-15(21)20-10-13(26(22,23)18-2)16(11-20,19-14(17)25)12-7-5-4-6-8-12/h3-8,13,18H,1,9-11H2,2H3,(H3,17,19,25). The summed E-state index contributed by atoms with van der Waals surface area (Å²) < 4.78 is 32.9. The molecule has 0 aromatic heterocycles. The smallest absolute Gasteiger partial charge is 0.410 e. The number of amides is 1. The quantitative estimate of drug-likeness (QED) is 0.466. The highest BCUT2D eigenvalue weighted by Crippen LogP contribution is 2.36. The third-order valence-corrected chi connectivity index (χ3v) is 6.22. The summed E-state index contributed by atoms with van der Waals surface area (Å²) >= 11 is 4.99. The first-order valence-electron chi connectivity index (χ1n) is 7.85. The van der Waals surface area contributed by atoms with E-state index in [1.54, 1.807) is 24.3 Å². The molecule has 1 heterocycles. The number of benzene rings is 1. The van der Waals surface area contributed by atoms with Gasteiger partial charge in [0.05, 0.1) is 6.54 Å². The minimum atomic E-state index is -3.78. The summed E-state index contributed by atoms with van der Waals surface area (Å²) in [7, 11) is -2.46. The summed E-state index contributed by atoms with van der Waals surface area (Å²) in [6, 6.07) is 8.90. The molecule has 10 heteroatoms. The average Bonchev–Trinajstić information content (AvgIpc) is 3.01. The second-order valence-electron chi connectivity index (χ2n) is 5.81. The van der Waals surface area contributed by atoms with Crippen LogP contribution in [0.25, 0.3) is 0 Å². The number of carbonyl (C=O) groups is 1. The van der Waals surface area contributed by atoms with Gasteiger partial charge in [0.25, 0.3) is 0 Å². The van der Waals surface area contributed by atoms with E-state index < -0.39 is 26.9 Å². The number of nitrogens with zero attached hydrogens (tertiary/aromatic N) is 1. The van der Waals surface area contributed by atoms with Crippen LogP contribution in [0.2, 0.25) is 0 Å². The predicted octanol–water partition coefficient (Wildman–Crippen LogP) is 0.271. The van der Waals surface area contributed by atoms with E-state index in [2.05, 4.69) is 16.6 Å². The summed E-state index contributed by atoms with van der Waals surface area (Å²) in [6.07, 6.45) is 0.803. The molecule has 1 aromatic carbocycles. The zero-order valence-corrected chi connectivity index (χ0v) is 16.0. The van der Waals surface area contributed by atoms with Gasteiger partial charge in [0.15, 0.2) is 5.11 Å². The van der Waals surface area contributed by atoms with E-state index in [0.717, 1.165) is 0 Å². The minimum absolute atomic E-state index is 0.0237. The topological polar surface area (TPSA) is 114 Å². The third-order valence-electron chi connectivity index (χ3n) is 4.25. The molecule has 1 aromatic rings. The van der Waals surface area contributed by atoms with Crippen molar-refractivity contribution in [3.8, 4) is 0 Å². The van der Waals surface area contributed by atoms with Crippen molar-refractivity contribution in [1.82, 2.24) is 14.9 Å². The van der Waals surface area contributed by atoms with Crippen LogP contribution < -0.4 is 15.8 Å². The van der Waals surface area contributed by atoms with Gasteiger partial charge < -0.3 is 20.7 Å². The molecule has 4 N–H and O–H groups in total. The minimum Gasteiger partial charge on any atom is -0.445 e.